The van der Waals surface area contributed by atoms with Gasteiger partial charge in [-0.1, -0.05) is 0 Å². The van der Waals surface area contributed by atoms with Gasteiger partial charge < -0.3 is 15.0 Å². The fourth-order valence-corrected chi connectivity index (χ4v) is 3.75. The molecule has 0 unspecified atom stereocenters. The Labute approximate surface area is 189 Å². The third kappa shape index (κ3) is 4.87. The van der Waals surface area contributed by atoms with Gasteiger partial charge in [-0.15, -0.1) is 0 Å². The van der Waals surface area contributed by atoms with Gasteiger partial charge in [-0.05, 0) is 45.7 Å². The molecule has 3 aromatic rings. The lowest BCUT2D eigenvalue weighted by atomic mass is 10.1. The number of nitriles is 1. The molecule has 0 bridgehead atoms. The molecule has 1 saturated heterocycles. The SMILES string of the molecule is CC(C)(C)OC(=O)N1CCC[C@@H](Nc2nc(-c3cnc4cc(C#N)ccn34)c(F)cc2F)C1. The average molecular weight is 454 g/mol. The highest BCUT2D eigenvalue weighted by atomic mass is 19.1. The third-order valence-corrected chi connectivity index (χ3v) is 5.23. The van der Waals surface area contributed by atoms with Gasteiger partial charge in [0, 0.05) is 31.4 Å². The highest BCUT2D eigenvalue weighted by Crippen LogP contribution is 2.27. The lowest BCUT2D eigenvalue weighted by Crippen LogP contribution is -2.47. The topological polar surface area (TPSA) is 95.5 Å². The number of rotatable bonds is 3. The van der Waals surface area contributed by atoms with Crippen LogP contribution in [-0.4, -0.2) is 50.1 Å². The van der Waals surface area contributed by atoms with E-state index in [9.17, 15) is 13.6 Å². The highest BCUT2D eigenvalue weighted by molar-refractivity contribution is 5.68. The van der Waals surface area contributed by atoms with Crippen molar-refractivity contribution < 1.29 is 18.3 Å². The Kier molecular flexibility index (Phi) is 5.89. The Morgan fingerprint density at radius 2 is 2.09 bits per heavy atom. The van der Waals surface area contributed by atoms with Crippen LogP contribution in [0.1, 0.15) is 39.2 Å². The average Bonchev–Trinajstić information content (AvgIpc) is 3.17. The molecule has 0 spiro atoms. The number of pyridine rings is 2. The minimum absolute atomic E-state index is 0.0732. The predicted molar refractivity (Wildman–Crippen MR) is 118 cm³/mol. The number of hydrogen-bond donors (Lipinski definition) is 1. The van der Waals surface area contributed by atoms with Crippen LogP contribution in [0, 0.1) is 23.0 Å². The zero-order valence-corrected chi connectivity index (χ0v) is 18.6. The van der Waals surface area contributed by atoms with Crippen LogP contribution in [0.15, 0.2) is 30.6 Å². The largest absolute Gasteiger partial charge is 0.444 e. The van der Waals surface area contributed by atoms with E-state index in [0.717, 1.165) is 6.07 Å². The van der Waals surface area contributed by atoms with Crippen molar-refractivity contribution in [2.75, 3.05) is 18.4 Å². The van der Waals surface area contributed by atoms with Crippen molar-refractivity contribution in [3.05, 3.63) is 47.8 Å². The van der Waals surface area contributed by atoms with Gasteiger partial charge in [0.25, 0.3) is 0 Å². The maximum Gasteiger partial charge on any atom is 0.410 e. The zero-order valence-electron chi connectivity index (χ0n) is 18.6. The number of carbonyl (C=O) groups excluding carboxylic acids is 1. The van der Waals surface area contributed by atoms with Gasteiger partial charge in [0.15, 0.2) is 17.5 Å². The summed E-state index contributed by atoms with van der Waals surface area (Å²) < 4.78 is 36.3. The molecule has 4 rings (SSSR count). The predicted octanol–water partition coefficient (Wildman–Crippen LogP) is 4.36. The van der Waals surface area contributed by atoms with Crippen molar-refractivity contribution in [1.82, 2.24) is 19.3 Å². The van der Waals surface area contributed by atoms with Crippen LogP contribution in [0.4, 0.5) is 19.4 Å². The first kappa shape index (κ1) is 22.5. The number of anilines is 1. The van der Waals surface area contributed by atoms with Gasteiger partial charge in [-0.3, -0.25) is 4.40 Å². The normalized spacial score (nSPS) is 16.5. The molecule has 1 aliphatic heterocycles. The number of ether oxygens (including phenoxy) is 1. The standard InChI is InChI=1S/C23H24F2N6O2/c1-23(2,3)33-22(32)30-7-4-5-15(13-30)28-21-17(25)10-16(24)20(29-21)18-12-27-19-9-14(11-26)6-8-31(18)19/h6,8-10,12,15H,4-5,7,13H2,1-3H3,(H,28,29)/t15-/m1/s1. The first-order chi connectivity index (χ1) is 15.6. The fourth-order valence-electron chi connectivity index (χ4n) is 3.75. The number of imidazole rings is 1. The van der Waals surface area contributed by atoms with Crippen LogP contribution >= 0.6 is 0 Å². The summed E-state index contributed by atoms with van der Waals surface area (Å²) in [6, 6.07) is 5.68. The number of hydrogen-bond acceptors (Lipinski definition) is 6. The van der Waals surface area contributed by atoms with E-state index in [4.69, 9.17) is 10.00 Å². The van der Waals surface area contributed by atoms with Crippen molar-refractivity contribution in [3.8, 4) is 17.5 Å². The lowest BCUT2D eigenvalue weighted by molar-refractivity contribution is 0.0206. The summed E-state index contributed by atoms with van der Waals surface area (Å²) in [6.45, 7) is 6.25. The van der Waals surface area contributed by atoms with Gasteiger partial charge in [0.05, 0.1) is 23.5 Å². The van der Waals surface area contributed by atoms with Crippen LogP contribution in [0.2, 0.25) is 0 Å². The van der Waals surface area contributed by atoms with Crippen molar-refractivity contribution in [3.63, 3.8) is 0 Å². The number of carbonyl (C=O) groups is 1. The van der Waals surface area contributed by atoms with E-state index < -0.39 is 23.3 Å². The number of fused-ring (bicyclic) bond motifs is 1. The second-order valence-corrected chi connectivity index (χ2v) is 8.96. The van der Waals surface area contributed by atoms with Crippen LogP contribution < -0.4 is 5.32 Å². The van der Waals surface area contributed by atoms with Crippen molar-refractivity contribution in [1.29, 1.82) is 5.26 Å². The number of halogens is 2. The molecule has 172 valence electrons. The van der Waals surface area contributed by atoms with Crippen molar-refractivity contribution >= 4 is 17.6 Å². The minimum atomic E-state index is -0.830. The summed E-state index contributed by atoms with van der Waals surface area (Å²) in [5.41, 5.74) is 0.509. The quantitative estimate of drug-likeness (QED) is 0.632. The number of amides is 1. The second-order valence-electron chi connectivity index (χ2n) is 8.96. The lowest BCUT2D eigenvalue weighted by Gasteiger charge is -2.34. The van der Waals surface area contributed by atoms with Gasteiger partial charge in [-0.2, -0.15) is 5.26 Å². The van der Waals surface area contributed by atoms with E-state index in [2.05, 4.69) is 15.3 Å². The van der Waals surface area contributed by atoms with Gasteiger partial charge in [0.2, 0.25) is 0 Å². The molecule has 4 heterocycles. The summed E-state index contributed by atoms with van der Waals surface area (Å²) in [5.74, 6) is -1.76. The van der Waals surface area contributed by atoms with E-state index in [1.165, 1.54) is 6.20 Å². The maximum atomic E-state index is 14.7. The van der Waals surface area contributed by atoms with Crippen LogP contribution in [0.25, 0.3) is 17.0 Å². The van der Waals surface area contributed by atoms with Crippen molar-refractivity contribution in [2.24, 2.45) is 0 Å². The van der Waals surface area contributed by atoms with E-state index in [0.29, 0.717) is 42.8 Å². The van der Waals surface area contributed by atoms with E-state index >= 15 is 0 Å². The summed E-state index contributed by atoms with van der Waals surface area (Å²) in [6.07, 6.45) is 3.99. The summed E-state index contributed by atoms with van der Waals surface area (Å²) in [4.78, 5) is 22.4. The molecule has 0 aliphatic carbocycles. The summed E-state index contributed by atoms with van der Waals surface area (Å²) in [5, 5.41) is 12.1. The molecule has 0 aromatic carbocycles. The van der Waals surface area contributed by atoms with Crippen LogP contribution in [-0.2, 0) is 4.74 Å². The Balaban J connectivity index is 1.58. The molecule has 0 radical (unpaired) electrons. The van der Waals surface area contributed by atoms with Gasteiger partial charge in [-0.25, -0.2) is 23.5 Å². The van der Waals surface area contributed by atoms with E-state index in [1.807, 2.05) is 6.07 Å². The highest BCUT2D eigenvalue weighted by Gasteiger charge is 2.28. The molecule has 1 fully saturated rings. The molecule has 8 nitrogen and oxygen atoms in total. The molecule has 33 heavy (non-hydrogen) atoms. The molecule has 1 N–H and O–H groups in total. The number of nitrogens with one attached hydrogen (secondary N) is 1. The molecular formula is C23H24F2N6O2. The summed E-state index contributed by atoms with van der Waals surface area (Å²) in [7, 11) is 0. The van der Waals surface area contributed by atoms with Gasteiger partial charge >= 0.3 is 6.09 Å². The first-order valence-electron chi connectivity index (χ1n) is 10.6. The number of aromatic nitrogens is 3. The second kappa shape index (κ2) is 8.65. The van der Waals surface area contributed by atoms with Crippen LogP contribution in [0.5, 0.6) is 0 Å². The Morgan fingerprint density at radius 1 is 1.30 bits per heavy atom. The third-order valence-electron chi connectivity index (χ3n) is 5.23. The Hall–Kier alpha value is -3.74. The number of nitrogens with zero attached hydrogens (tertiary/aromatic N) is 5. The molecule has 1 atom stereocenters. The Morgan fingerprint density at radius 3 is 2.82 bits per heavy atom. The van der Waals surface area contributed by atoms with E-state index in [-0.39, 0.29) is 17.6 Å². The molecule has 0 saturated carbocycles. The maximum absolute atomic E-state index is 14.7. The van der Waals surface area contributed by atoms with Crippen LogP contribution in [0.3, 0.4) is 0 Å². The fraction of sp³-hybridized carbons (Fsp3) is 0.391. The number of piperidine rings is 1. The smallest absolute Gasteiger partial charge is 0.410 e. The molecule has 3 aromatic heterocycles. The Bertz CT molecular complexity index is 1240. The minimum Gasteiger partial charge on any atom is -0.444 e. The number of likely N-dealkylation sites (tertiary alicyclic amines) is 1. The van der Waals surface area contributed by atoms with Gasteiger partial charge in [0.1, 0.15) is 16.9 Å². The summed E-state index contributed by atoms with van der Waals surface area (Å²) >= 11 is 0. The zero-order chi connectivity index (χ0) is 23.8. The molecule has 1 aliphatic rings. The van der Waals surface area contributed by atoms with Crippen molar-refractivity contribution in [2.45, 2.75) is 45.3 Å². The van der Waals surface area contributed by atoms with E-state index in [1.54, 1.807) is 48.4 Å². The first-order valence-corrected chi connectivity index (χ1v) is 10.6. The molecule has 1 amide bonds. The monoisotopic (exact) mass is 454 g/mol. The molecular weight excluding hydrogens is 430 g/mol. The molecule has 10 heteroatoms.